The molecule has 2 aromatic rings. The van der Waals surface area contributed by atoms with Crippen LogP contribution in [0.3, 0.4) is 0 Å². The lowest BCUT2D eigenvalue weighted by Gasteiger charge is -2.22. The van der Waals surface area contributed by atoms with Gasteiger partial charge in [0, 0.05) is 23.5 Å². The molecule has 3 rings (SSSR count). The van der Waals surface area contributed by atoms with Gasteiger partial charge in [-0.2, -0.15) is 4.31 Å². The summed E-state index contributed by atoms with van der Waals surface area (Å²) in [6, 6.07) is 6.22. The van der Waals surface area contributed by atoms with Gasteiger partial charge in [-0.05, 0) is 62.3 Å². The van der Waals surface area contributed by atoms with Gasteiger partial charge in [0.05, 0.1) is 10.6 Å². The summed E-state index contributed by atoms with van der Waals surface area (Å²) in [5, 5.41) is 3.49. The van der Waals surface area contributed by atoms with Gasteiger partial charge in [0.15, 0.2) is 5.13 Å². The Bertz CT molecular complexity index is 976. The van der Waals surface area contributed by atoms with Gasteiger partial charge in [0.25, 0.3) is 5.91 Å². The number of nitrogens with one attached hydrogen (secondary N) is 1. The minimum absolute atomic E-state index is 0.231. The zero-order valence-electron chi connectivity index (χ0n) is 18.7. The van der Waals surface area contributed by atoms with Crippen LogP contribution < -0.4 is 5.32 Å². The number of carbonyl (C=O) groups excluding carboxylic acids is 1. The van der Waals surface area contributed by atoms with Crippen LogP contribution in [0.5, 0.6) is 0 Å². The summed E-state index contributed by atoms with van der Waals surface area (Å²) in [5.41, 5.74) is 1.52. The Labute approximate surface area is 190 Å². The van der Waals surface area contributed by atoms with Crippen LogP contribution in [0.25, 0.3) is 0 Å². The average molecular weight is 464 g/mol. The quantitative estimate of drug-likeness (QED) is 0.531. The maximum absolute atomic E-state index is 13.1. The van der Waals surface area contributed by atoms with Gasteiger partial charge in [0.1, 0.15) is 0 Å². The van der Waals surface area contributed by atoms with Crippen LogP contribution in [0.2, 0.25) is 0 Å². The third kappa shape index (κ3) is 5.93. The van der Waals surface area contributed by atoms with Gasteiger partial charge in [-0.3, -0.25) is 10.1 Å². The second-order valence-corrected chi connectivity index (χ2v) is 11.3. The van der Waals surface area contributed by atoms with E-state index in [2.05, 4.69) is 31.1 Å². The van der Waals surface area contributed by atoms with E-state index in [-0.39, 0.29) is 10.8 Å². The summed E-state index contributed by atoms with van der Waals surface area (Å²) in [7, 11) is -3.56. The average Bonchev–Trinajstić information content (AvgIpc) is 3.15. The predicted molar refractivity (Wildman–Crippen MR) is 126 cm³/mol. The Hall–Kier alpha value is -1.77. The summed E-state index contributed by atoms with van der Waals surface area (Å²) in [5.74, 6) is 0.386. The molecule has 1 unspecified atom stereocenters. The van der Waals surface area contributed by atoms with E-state index in [0.29, 0.717) is 29.7 Å². The van der Waals surface area contributed by atoms with E-state index in [0.717, 1.165) is 50.6 Å². The number of nitrogens with zero attached hydrogens (tertiary/aromatic N) is 2. The summed E-state index contributed by atoms with van der Waals surface area (Å²) >= 11 is 1.54. The first kappa shape index (κ1) is 23.9. The number of aromatic nitrogens is 1. The van der Waals surface area contributed by atoms with Crippen LogP contribution >= 0.6 is 11.3 Å². The number of rotatable bonds is 10. The van der Waals surface area contributed by atoms with Crippen molar-refractivity contribution >= 4 is 32.4 Å². The van der Waals surface area contributed by atoms with Gasteiger partial charge in [-0.1, -0.05) is 33.6 Å². The maximum atomic E-state index is 13.1. The fourth-order valence-corrected chi connectivity index (χ4v) is 6.39. The van der Waals surface area contributed by atoms with Crippen LogP contribution in [0, 0.1) is 5.92 Å². The molecule has 1 atom stereocenters. The van der Waals surface area contributed by atoms with Crippen molar-refractivity contribution < 1.29 is 13.2 Å². The molecule has 31 heavy (non-hydrogen) atoms. The van der Waals surface area contributed by atoms with E-state index in [9.17, 15) is 13.2 Å². The molecule has 1 aliphatic rings. The molecule has 0 bridgehead atoms. The predicted octanol–water partition coefficient (Wildman–Crippen LogP) is 5.11. The molecule has 0 aliphatic heterocycles. The number of amides is 1. The number of fused-ring (bicyclic) bond motifs is 1. The highest BCUT2D eigenvalue weighted by atomic mass is 32.2. The molecule has 1 N–H and O–H groups in total. The third-order valence-corrected chi connectivity index (χ3v) is 8.63. The lowest BCUT2D eigenvalue weighted by Crippen LogP contribution is -2.33. The minimum Gasteiger partial charge on any atom is -0.298 e. The van der Waals surface area contributed by atoms with Crippen molar-refractivity contribution in [3.05, 3.63) is 40.4 Å². The Morgan fingerprint density at radius 2 is 1.81 bits per heavy atom. The molecule has 1 heterocycles. The number of benzene rings is 1. The molecule has 0 radical (unpaired) electrons. The largest absolute Gasteiger partial charge is 0.298 e. The molecule has 1 amide bonds. The van der Waals surface area contributed by atoms with Crippen molar-refractivity contribution in [3.8, 4) is 0 Å². The number of carbonyl (C=O) groups is 1. The molecule has 1 aromatic heterocycles. The van der Waals surface area contributed by atoms with Crippen molar-refractivity contribution in [2.75, 3.05) is 18.4 Å². The van der Waals surface area contributed by atoms with Crippen LogP contribution in [-0.4, -0.2) is 36.7 Å². The number of hydrogen-bond donors (Lipinski definition) is 1. The zero-order valence-corrected chi connectivity index (χ0v) is 20.3. The van der Waals surface area contributed by atoms with E-state index >= 15 is 0 Å². The second-order valence-electron chi connectivity index (χ2n) is 8.33. The maximum Gasteiger partial charge on any atom is 0.257 e. The van der Waals surface area contributed by atoms with Crippen molar-refractivity contribution in [2.45, 2.75) is 70.6 Å². The van der Waals surface area contributed by atoms with E-state index < -0.39 is 10.0 Å². The number of aryl methyl sites for hydroxylation is 1. The van der Waals surface area contributed by atoms with Crippen molar-refractivity contribution in [2.24, 2.45) is 5.92 Å². The van der Waals surface area contributed by atoms with Crippen molar-refractivity contribution in [1.29, 1.82) is 0 Å². The summed E-state index contributed by atoms with van der Waals surface area (Å²) in [6.45, 7) is 7.39. The van der Waals surface area contributed by atoms with Crippen molar-refractivity contribution in [3.63, 3.8) is 0 Å². The lowest BCUT2D eigenvalue weighted by atomic mass is 9.93. The Balaban J connectivity index is 1.70. The monoisotopic (exact) mass is 463 g/mol. The van der Waals surface area contributed by atoms with Crippen LogP contribution in [-0.2, 0) is 22.9 Å². The van der Waals surface area contributed by atoms with Crippen LogP contribution in [0.4, 0.5) is 5.13 Å². The standard InChI is InChI=1S/C23H33N3O3S2/c1-4-6-14-26(15-7-5-2)31(28,29)19-11-9-18(10-12-19)22(27)25-23-24-20-13-8-17(3)16-21(20)30-23/h9-12,17H,4-8,13-16H2,1-3H3,(H,24,25,27). The molecular formula is C23H33N3O3S2. The summed E-state index contributed by atoms with van der Waals surface area (Å²) in [4.78, 5) is 18.7. The highest BCUT2D eigenvalue weighted by Gasteiger charge is 2.24. The van der Waals surface area contributed by atoms with Crippen LogP contribution in [0.15, 0.2) is 29.2 Å². The minimum atomic E-state index is -3.56. The lowest BCUT2D eigenvalue weighted by molar-refractivity contribution is 0.102. The Morgan fingerprint density at radius 1 is 1.16 bits per heavy atom. The van der Waals surface area contributed by atoms with Gasteiger partial charge in [-0.15, -0.1) is 11.3 Å². The highest BCUT2D eigenvalue weighted by molar-refractivity contribution is 7.89. The number of unbranched alkanes of at least 4 members (excludes halogenated alkanes) is 2. The first-order valence-corrected chi connectivity index (χ1v) is 13.5. The van der Waals surface area contributed by atoms with Crippen LogP contribution in [0.1, 0.15) is 73.8 Å². The Kier molecular flexibility index (Phi) is 8.24. The highest BCUT2D eigenvalue weighted by Crippen LogP contribution is 2.32. The second kappa shape index (κ2) is 10.7. The number of thiazole rings is 1. The first-order valence-electron chi connectivity index (χ1n) is 11.2. The number of sulfonamides is 1. The first-order chi connectivity index (χ1) is 14.8. The van der Waals surface area contributed by atoms with E-state index in [1.54, 1.807) is 27.8 Å². The fraction of sp³-hybridized carbons (Fsp3) is 0.565. The molecule has 0 fully saturated rings. The smallest absolute Gasteiger partial charge is 0.257 e. The molecule has 6 nitrogen and oxygen atoms in total. The van der Waals surface area contributed by atoms with E-state index in [4.69, 9.17) is 0 Å². The van der Waals surface area contributed by atoms with Gasteiger partial charge < -0.3 is 0 Å². The Morgan fingerprint density at radius 3 is 2.42 bits per heavy atom. The molecule has 0 saturated carbocycles. The van der Waals surface area contributed by atoms with E-state index in [1.165, 1.54) is 17.0 Å². The van der Waals surface area contributed by atoms with E-state index in [1.807, 2.05) is 0 Å². The normalized spacial score (nSPS) is 16.3. The molecule has 8 heteroatoms. The molecule has 1 aliphatic carbocycles. The summed E-state index contributed by atoms with van der Waals surface area (Å²) in [6.07, 6.45) is 6.66. The van der Waals surface area contributed by atoms with Gasteiger partial charge in [0.2, 0.25) is 10.0 Å². The molecule has 1 aromatic carbocycles. The third-order valence-electron chi connectivity index (χ3n) is 5.68. The number of hydrogen-bond acceptors (Lipinski definition) is 5. The topological polar surface area (TPSA) is 79.4 Å². The molecule has 0 saturated heterocycles. The van der Waals surface area contributed by atoms with Crippen molar-refractivity contribution in [1.82, 2.24) is 9.29 Å². The number of anilines is 1. The van der Waals surface area contributed by atoms with Gasteiger partial charge in [-0.25, -0.2) is 13.4 Å². The van der Waals surface area contributed by atoms with Gasteiger partial charge >= 0.3 is 0 Å². The fourth-order valence-electron chi connectivity index (χ4n) is 3.71. The summed E-state index contributed by atoms with van der Waals surface area (Å²) < 4.78 is 27.7. The SMILES string of the molecule is CCCCN(CCCC)S(=O)(=O)c1ccc(C(=O)Nc2nc3c(s2)CC(C)CC3)cc1. The molecular weight excluding hydrogens is 430 g/mol. The zero-order chi connectivity index (χ0) is 22.4. The molecule has 0 spiro atoms. The molecule has 170 valence electrons.